The van der Waals surface area contributed by atoms with Crippen molar-refractivity contribution in [3.63, 3.8) is 0 Å². The number of amides is 1. The summed E-state index contributed by atoms with van der Waals surface area (Å²) in [6.45, 7) is 1.67. The summed E-state index contributed by atoms with van der Waals surface area (Å²) in [4.78, 5) is 14.1. The number of fused-ring (bicyclic) bond motifs is 1. The molecule has 1 aromatic rings. The van der Waals surface area contributed by atoms with E-state index in [0.717, 1.165) is 16.6 Å². The molecule has 2 fully saturated rings. The summed E-state index contributed by atoms with van der Waals surface area (Å²) in [6.07, 6.45) is 1.03. The van der Waals surface area contributed by atoms with Crippen molar-refractivity contribution in [1.29, 1.82) is 0 Å². The molecule has 0 aromatic heterocycles. The van der Waals surface area contributed by atoms with Gasteiger partial charge in [-0.05, 0) is 24.6 Å². The van der Waals surface area contributed by atoms with Gasteiger partial charge in [-0.1, -0.05) is 6.07 Å². The maximum atomic E-state index is 13.8. The number of rotatable bonds is 2. The first-order valence-corrected chi connectivity index (χ1v) is 11.4. The highest BCUT2D eigenvalue weighted by Gasteiger charge is 2.50. The topological polar surface area (TPSA) is 91.8 Å². The third-order valence-corrected chi connectivity index (χ3v) is 7.73. The average molecular weight is 390 g/mol. The quantitative estimate of drug-likeness (QED) is 0.710. The number of carbonyl (C=O) groups excluding carboxylic acids is 1. The van der Waals surface area contributed by atoms with Gasteiger partial charge in [0, 0.05) is 18.7 Å². The van der Waals surface area contributed by atoms with Crippen molar-refractivity contribution in [2.75, 3.05) is 30.9 Å². The van der Waals surface area contributed by atoms with Crippen LogP contribution in [0.1, 0.15) is 15.9 Å². The highest BCUT2D eigenvalue weighted by Crippen LogP contribution is 2.29. The molecule has 138 valence electrons. The van der Waals surface area contributed by atoms with Gasteiger partial charge in [0.05, 0.1) is 29.8 Å². The predicted octanol–water partition coefficient (Wildman–Crippen LogP) is 0.0171. The van der Waals surface area contributed by atoms with Crippen LogP contribution in [-0.4, -0.2) is 74.9 Å². The molecular weight excluding hydrogens is 371 g/mol. The van der Waals surface area contributed by atoms with Crippen molar-refractivity contribution in [2.24, 2.45) is 0 Å². The van der Waals surface area contributed by atoms with E-state index in [-0.39, 0.29) is 30.2 Å². The van der Waals surface area contributed by atoms with Crippen LogP contribution in [0.2, 0.25) is 0 Å². The zero-order chi connectivity index (χ0) is 18.6. The summed E-state index contributed by atoms with van der Waals surface area (Å²) >= 11 is 0. The van der Waals surface area contributed by atoms with Gasteiger partial charge in [-0.3, -0.25) is 4.79 Å². The van der Waals surface area contributed by atoms with Crippen LogP contribution in [0.4, 0.5) is 4.39 Å². The second-order valence-corrected chi connectivity index (χ2v) is 10.6. The van der Waals surface area contributed by atoms with Gasteiger partial charge >= 0.3 is 0 Å². The second-order valence-electron chi connectivity index (χ2n) is 6.55. The van der Waals surface area contributed by atoms with Crippen molar-refractivity contribution >= 4 is 25.8 Å². The summed E-state index contributed by atoms with van der Waals surface area (Å²) in [7, 11) is -7.05. The van der Waals surface area contributed by atoms with Gasteiger partial charge < -0.3 is 4.90 Å². The lowest BCUT2D eigenvalue weighted by Gasteiger charge is -2.42. The minimum Gasteiger partial charge on any atom is -0.332 e. The molecule has 0 radical (unpaired) electrons. The number of piperazine rings is 1. The number of aryl methyl sites for hydroxylation is 1. The van der Waals surface area contributed by atoms with Crippen LogP contribution in [0.5, 0.6) is 0 Å². The van der Waals surface area contributed by atoms with E-state index in [4.69, 9.17) is 0 Å². The van der Waals surface area contributed by atoms with Gasteiger partial charge in [0.2, 0.25) is 10.0 Å². The number of sulfonamides is 1. The summed E-state index contributed by atoms with van der Waals surface area (Å²) < 4.78 is 62.9. The van der Waals surface area contributed by atoms with Crippen LogP contribution in [0, 0.1) is 12.7 Å². The average Bonchev–Trinajstić information content (AvgIpc) is 2.81. The molecule has 0 aliphatic carbocycles. The first-order valence-electron chi connectivity index (χ1n) is 7.74. The predicted molar refractivity (Wildman–Crippen MR) is 90.0 cm³/mol. The highest BCUT2D eigenvalue weighted by molar-refractivity contribution is 7.92. The van der Waals surface area contributed by atoms with Gasteiger partial charge in [0.25, 0.3) is 5.91 Å². The minimum atomic E-state index is -3.59. The van der Waals surface area contributed by atoms with Crippen LogP contribution < -0.4 is 0 Å². The van der Waals surface area contributed by atoms with E-state index < -0.39 is 43.7 Å². The monoisotopic (exact) mass is 390 g/mol. The number of carbonyl (C=O) groups is 1. The Morgan fingerprint density at radius 1 is 1.20 bits per heavy atom. The van der Waals surface area contributed by atoms with Crippen LogP contribution in [0.15, 0.2) is 18.2 Å². The Morgan fingerprint density at radius 3 is 2.44 bits per heavy atom. The first kappa shape index (κ1) is 18.3. The van der Waals surface area contributed by atoms with Crippen LogP contribution in [-0.2, 0) is 19.9 Å². The molecule has 0 saturated carbocycles. The number of benzene rings is 1. The molecule has 10 heteroatoms. The lowest BCUT2D eigenvalue weighted by molar-refractivity contribution is 0.0516. The molecule has 0 bridgehead atoms. The summed E-state index contributed by atoms with van der Waals surface area (Å²) in [5, 5.41) is 0. The van der Waals surface area contributed by atoms with Gasteiger partial charge in [-0.2, -0.15) is 4.31 Å². The van der Waals surface area contributed by atoms with Gasteiger partial charge in [0.1, 0.15) is 5.82 Å². The van der Waals surface area contributed by atoms with Crippen LogP contribution in [0.3, 0.4) is 0 Å². The zero-order valence-electron chi connectivity index (χ0n) is 13.8. The molecule has 2 saturated heterocycles. The molecule has 7 nitrogen and oxygen atoms in total. The Morgan fingerprint density at radius 2 is 1.84 bits per heavy atom. The molecule has 1 aromatic carbocycles. The van der Waals surface area contributed by atoms with Crippen molar-refractivity contribution in [3.05, 3.63) is 35.1 Å². The number of sulfone groups is 1. The number of hydrogen-bond acceptors (Lipinski definition) is 5. The van der Waals surface area contributed by atoms with Gasteiger partial charge in [-0.25, -0.2) is 21.2 Å². The van der Waals surface area contributed by atoms with Gasteiger partial charge in [0.15, 0.2) is 9.84 Å². The smallest absolute Gasteiger partial charge is 0.254 e. The third-order valence-electron chi connectivity index (χ3n) is 4.73. The standard InChI is InChI=1S/C15H19FN2O5S2/c1-10-3-4-11(7-12(10)16)15(19)17-5-6-18(24(2,20)21)14-9-25(22,23)8-13(14)17/h3-4,7,13-14H,5-6,8-9H2,1-2H3/t13-,14+/m0/s1. The summed E-state index contributed by atoms with van der Waals surface area (Å²) in [5.74, 6) is -1.60. The lowest BCUT2D eigenvalue weighted by atomic mass is 10.0. The zero-order valence-corrected chi connectivity index (χ0v) is 15.5. The van der Waals surface area contributed by atoms with E-state index >= 15 is 0 Å². The maximum Gasteiger partial charge on any atom is 0.254 e. The normalized spacial score (nSPS) is 26.4. The molecule has 2 aliphatic heterocycles. The van der Waals surface area contributed by atoms with Crippen LogP contribution in [0.25, 0.3) is 0 Å². The van der Waals surface area contributed by atoms with Crippen molar-refractivity contribution in [1.82, 2.24) is 9.21 Å². The third kappa shape index (κ3) is 3.42. The molecule has 2 aliphatic rings. The van der Waals surface area contributed by atoms with E-state index in [0.29, 0.717) is 5.56 Å². The first-order chi connectivity index (χ1) is 11.5. The fourth-order valence-corrected chi connectivity index (χ4v) is 6.67. The fourth-order valence-electron chi connectivity index (χ4n) is 3.48. The molecule has 0 unspecified atom stereocenters. The maximum absolute atomic E-state index is 13.8. The lowest BCUT2D eigenvalue weighted by Crippen LogP contribution is -2.61. The molecule has 2 heterocycles. The molecule has 25 heavy (non-hydrogen) atoms. The van der Waals surface area contributed by atoms with E-state index in [1.165, 1.54) is 17.0 Å². The van der Waals surface area contributed by atoms with E-state index in [2.05, 4.69) is 0 Å². The second kappa shape index (κ2) is 6.03. The van der Waals surface area contributed by atoms with E-state index in [1.807, 2.05) is 0 Å². The molecule has 3 rings (SSSR count). The highest BCUT2D eigenvalue weighted by atomic mass is 32.2. The Labute approximate surface area is 146 Å². The number of hydrogen-bond donors (Lipinski definition) is 0. The number of nitrogens with zero attached hydrogens (tertiary/aromatic N) is 2. The Hall–Kier alpha value is -1.52. The van der Waals surface area contributed by atoms with Crippen LogP contribution >= 0.6 is 0 Å². The molecule has 0 spiro atoms. The molecule has 1 amide bonds. The van der Waals surface area contributed by atoms with Gasteiger partial charge in [-0.15, -0.1) is 0 Å². The Balaban J connectivity index is 1.95. The van der Waals surface area contributed by atoms with E-state index in [9.17, 15) is 26.0 Å². The SMILES string of the molecule is Cc1ccc(C(=O)N2CCN(S(C)(=O)=O)[C@@H]3CS(=O)(=O)C[C@@H]32)cc1F. The minimum absolute atomic E-state index is 0.0234. The molecule has 2 atom stereocenters. The van der Waals surface area contributed by atoms with Crippen molar-refractivity contribution in [2.45, 2.75) is 19.0 Å². The largest absolute Gasteiger partial charge is 0.332 e. The van der Waals surface area contributed by atoms with Crippen molar-refractivity contribution in [3.8, 4) is 0 Å². The summed E-state index contributed by atoms with van der Waals surface area (Å²) in [6, 6.07) is 2.54. The number of halogens is 1. The Kier molecular flexibility index (Phi) is 4.41. The van der Waals surface area contributed by atoms with Crippen molar-refractivity contribution < 1.29 is 26.0 Å². The molecule has 0 N–H and O–H groups in total. The Bertz CT molecular complexity index is 929. The fraction of sp³-hybridized carbons (Fsp3) is 0.533. The molecular formula is C15H19FN2O5S2. The van der Waals surface area contributed by atoms with E-state index in [1.54, 1.807) is 6.92 Å². The summed E-state index contributed by atoms with van der Waals surface area (Å²) in [5.41, 5.74) is 0.527.